The molecule has 1 aliphatic carbocycles. The predicted molar refractivity (Wildman–Crippen MR) is 124 cm³/mol. The van der Waals surface area contributed by atoms with Gasteiger partial charge in [-0.1, -0.05) is 37.3 Å². The number of ether oxygens (including phenoxy) is 2. The molecule has 4 rings (SSSR count). The molecule has 0 bridgehead atoms. The number of aliphatic hydroxyl groups excluding tert-OH is 1. The van der Waals surface area contributed by atoms with Crippen molar-refractivity contribution in [3.8, 4) is 5.88 Å². The number of nitrogens with zero attached hydrogens (tertiary/aromatic N) is 2. The molecular formula is C25H31N3O6. The quantitative estimate of drug-likeness (QED) is 0.527. The van der Waals surface area contributed by atoms with Crippen LogP contribution >= 0.6 is 0 Å². The summed E-state index contributed by atoms with van der Waals surface area (Å²) in [7, 11) is 0. The van der Waals surface area contributed by atoms with Crippen molar-refractivity contribution in [2.75, 3.05) is 11.5 Å². The first-order chi connectivity index (χ1) is 16.3. The average Bonchev–Trinajstić information content (AvgIpc) is 3.65. The molecule has 34 heavy (non-hydrogen) atoms. The average molecular weight is 470 g/mol. The van der Waals surface area contributed by atoms with E-state index in [0.717, 1.165) is 18.4 Å². The van der Waals surface area contributed by atoms with Crippen LogP contribution in [-0.4, -0.2) is 46.1 Å². The van der Waals surface area contributed by atoms with Crippen molar-refractivity contribution in [1.29, 1.82) is 0 Å². The molecule has 1 aromatic carbocycles. The third-order valence-corrected chi connectivity index (χ3v) is 6.46. The fraction of sp³-hybridized carbons (Fsp3) is 0.480. The van der Waals surface area contributed by atoms with Crippen LogP contribution in [0.1, 0.15) is 61.3 Å². The molecule has 1 aromatic heterocycles. The predicted octanol–water partition coefficient (Wildman–Crippen LogP) is 3.50. The lowest BCUT2D eigenvalue weighted by molar-refractivity contribution is 0.0518. The summed E-state index contributed by atoms with van der Waals surface area (Å²) in [5, 5.41) is 24.4. The van der Waals surface area contributed by atoms with E-state index >= 15 is 0 Å². The van der Waals surface area contributed by atoms with Gasteiger partial charge in [-0.2, -0.15) is 0 Å². The number of benzene rings is 1. The van der Waals surface area contributed by atoms with Crippen LogP contribution in [-0.2, 0) is 16.1 Å². The Morgan fingerprint density at radius 2 is 1.94 bits per heavy atom. The van der Waals surface area contributed by atoms with Crippen LogP contribution in [0.3, 0.4) is 0 Å². The maximum Gasteiger partial charge on any atom is 0.407 e. The molecule has 0 spiro atoms. The SMILES string of the molecule is CCOC(=O)c1cc2c(c(O)n1)N(C(C)O)[C@@H](C1CC1)[C@H](C)C2NC(=O)OCc1ccccc1. The number of esters is 1. The van der Waals surface area contributed by atoms with Crippen LogP contribution < -0.4 is 10.2 Å². The van der Waals surface area contributed by atoms with Crippen molar-refractivity contribution in [2.45, 2.75) is 58.5 Å². The summed E-state index contributed by atoms with van der Waals surface area (Å²) >= 11 is 0. The van der Waals surface area contributed by atoms with Crippen molar-refractivity contribution in [3.05, 3.63) is 53.2 Å². The molecule has 1 amide bonds. The minimum absolute atomic E-state index is 0.0647. The van der Waals surface area contributed by atoms with Crippen molar-refractivity contribution >= 4 is 17.7 Å². The maximum absolute atomic E-state index is 12.8. The Morgan fingerprint density at radius 3 is 2.56 bits per heavy atom. The third kappa shape index (κ3) is 4.79. The van der Waals surface area contributed by atoms with Crippen LogP contribution in [0, 0.1) is 11.8 Å². The van der Waals surface area contributed by atoms with Gasteiger partial charge in [0.05, 0.1) is 12.6 Å². The maximum atomic E-state index is 12.8. The number of rotatable bonds is 7. The van der Waals surface area contributed by atoms with Gasteiger partial charge in [-0.15, -0.1) is 0 Å². The van der Waals surface area contributed by atoms with Gasteiger partial charge >= 0.3 is 12.1 Å². The number of aromatic hydroxyl groups is 1. The molecule has 2 aliphatic rings. The largest absolute Gasteiger partial charge is 0.492 e. The molecule has 2 heterocycles. The van der Waals surface area contributed by atoms with Gasteiger partial charge < -0.3 is 29.9 Å². The van der Waals surface area contributed by atoms with Gasteiger partial charge in [0.2, 0.25) is 5.88 Å². The van der Waals surface area contributed by atoms with Crippen LogP contribution in [0.15, 0.2) is 36.4 Å². The summed E-state index contributed by atoms with van der Waals surface area (Å²) in [5.74, 6) is -0.891. The van der Waals surface area contributed by atoms with Crippen LogP contribution in [0.5, 0.6) is 5.88 Å². The summed E-state index contributed by atoms with van der Waals surface area (Å²) in [6.45, 7) is 5.58. The fourth-order valence-corrected chi connectivity index (χ4v) is 4.87. The van der Waals surface area contributed by atoms with Gasteiger partial charge in [0.15, 0.2) is 5.69 Å². The Hall–Kier alpha value is -3.33. The number of alkyl carbamates (subject to hydrolysis) is 1. The highest BCUT2D eigenvalue weighted by molar-refractivity contribution is 5.89. The molecule has 182 valence electrons. The van der Waals surface area contributed by atoms with Crippen molar-refractivity contribution < 1.29 is 29.3 Å². The van der Waals surface area contributed by atoms with Gasteiger partial charge in [-0.3, -0.25) is 0 Å². The Balaban J connectivity index is 1.69. The Kier molecular flexibility index (Phi) is 6.92. The molecule has 1 saturated carbocycles. The molecule has 9 heteroatoms. The summed E-state index contributed by atoms with van der Waals surface area (Å²) in [5.41, 5.74) is 1.59. The molecule has 3 N–H and O–H groups in total. The van der Waals surface area contributed by atoms with E-state index in [-0.39, 0.29) is 36.7 Å². The summed E-state index contributed by atoms with van der Waals surface area (Å²) in [6.07, 6.45) is 0.474. The summed E-state index contributed by atoms with van der Waals surface area (Å²) < 4.78 is 10.5. The van der Waals surface area contributed by atoms with E-state index in [4.69, 9.17) is 9.47 Å². The van der Waals surface area contributed by atoms with E-state index in [1.165, 1.54) is 6.07 Å². The molecule has 2 unspecified atom stereocenters. The minimum atomic E-state index is -0.904. The number of pyridine rings is 1. The first-order valence-corrected chi connectivity index (χ1v) is 11.7. The van der Waals surface area contributed by atoms with E-state index in [1.54, 1.807) is 18.7 Å². The lowest BCUT2D eigenvalue weighted by Crippen LogP contribution is -2.54. The molecule has 0 radical (unpaired) electrons. The summed E-state index contributed by atoms with van der Waals surface area (Å²) in [4.78, 5) is 31.0. The van der Waals surface area contributed by atoms with E-state index < -0.39 is 24.3 Å². The lowest BCUT2D eigenvalue weighted by atomic mass is 9.80. The van der Waals surface area contributed by atoms with Crippen LogP contribution in [0.2, 0.25) is 0 Å². The normalized spacial score (nSPS) is 22.5. The van der Waals surface area contributed by atoms with Gasteiger partial charge in [0.1, 0.15) is 18.5 Å². The second-order valence-electron chi connectivity index (χ2n) is 8.90. The molecule has 9 nitrogen and oxygen atoms in total. The number of nitrogens with one attached hydrogen (secondary N) is 1. The minimum Gasteiger partial charge on any atom is -0.492 e. The second-order valence-corrected chi connectivity index (χ2v) is 8.90. The Morgan fingerprint density at radius 1 is 1.24 bits per heavy atom. The standard InChI is InChI=1S/C25H31N3O6/c1-4-33-24(31)19-12-18-20(27-25(32)34-13-16-8-6-5-7-9-16)14(2)21(17-10-11-17)28(15(3)29)22(18)23(30)26-19/h5-9,12,14-15,17,20-21,29H,4,10-11,13H2,1-3H3,(H,26,30)(H,27,32)/t14-,15?,20?,21-/m1/s1. The number of carbonyl (C=O) groups is 2. The highest BCUT2D eigenvalue weighted by atomic mass is 16.5. The van der Waals surface area contributed by atoms with Crippen LogP contribution in [0.25, 0.3) is 0 Å². The van der Waals surface area contributed by atoms with Gasteiger partial charge in [0, 0.05) is 17.5 Å². The van der Waals surface area contributed by atoms with Crippen molar-refractivity contribution in [1.82, 2.24) is 10.3 Å². The number of hydrogen-bond donors (Lipinski definition) is 3. The highest BCUT2D eigenvalue weighted by Gasteiger charge is 2.49. The highest BCUT2D eigenvalue weighted by Crippen LogP contribution is 2.51. The number of amides is 1. The Bertz CT molecular complexity index is 1040. The van der Waals surface area contributed by atoms with E-state index in [1.807, 2.05) is 37.3 Å². The first kappa shape index (κ1) is 23.8. The number of carbonyl (C=O) groups excluding carboxylic acids is 2. The van der Waals surface area contributed by atoms with Gasteiger partial charge in [-0.25, -0.2) is 14.6 Å². The molecule has 0 saturated heterocycles. The third-order valence-electron chi connectivity index (χ3n) is 6.46. The van der Waals surface area contributed by atoms with Crippen LogP contribution in [0.4, 0.5) is 10.5 Å². The van der Waals surface area contributed by atoms with E-state index in [9.17, 15) is 19.8 Å². The first-order valence-electron chi connectivity index (χ1n) is 11.7. The molecule has 1 fully saturated rings. The number of fused-ring (bicyclic) bond motifs is 1. The monoisotopic (exact) mass is 469 g/mol. The van der Waals surface area contributed by atoms with E-state index in [0.29, 0.717) is 17.2 Å². The number of aromatic nitrogens is 1. The summed E-state index contributed by atoms with van der Waals surface area (Å²) in [6, 6.07) is 10.2. The molecule has 2 aromatic rings. The zero-order valence-corrected chi connectivity index (χ0v) is 19.6. The van der Waals surface area contributed by atoms with E-state index in [2.05, 4.69) is 10.3 Å². The zero-order chi connectivity index (χ0) is 24.4. The van der Waals surface area contributed by atoms with Crippen molar-refractivity contribution in [2.24, 2.45) is 11.8 Å². The second kappa shape index (κ2) is 9.89. The zero-order valence-electron chi connectivity index (χ0n) is 19.6. The molecule has 4 atom stereocenters. The molecule has 1 aliphatic heterocycles. The van der Waals surface area contributed by atoms with Crippen molar-refractivity contribution in [3.63, 3.8) is 0 Å². The fourth-order valence-electron chi connectivity index (χ4n) is 4.87. The number of aliphatic hydroxyl groups is 1. The van der Waals surface area contributed by atoms with Gasteiger partial charge in [-0.05, 0) is 44.2 Å². The smallest absolute Gasteiger partial charge is 0.407 e. The Labute approximate surface area is 198 Å². The lowest BCUT2D eigenvalue weighted by Gasteiger charge is -2.48. The number of hydrogen-bond acceptors (Lipinski definition) is 8. The molecular weight excluding hydrogens is 438 g/mol. The van der Waals surface area contributed by atoms with Gasteiger partial charge in [0.25, 0.3) is 0 Å². The topological polar surface area (TPSA) is 121 Å². The number of anilines is 1.